The zero-order valence-corrected chi connectivity index (χ0v) is 13.0. The molecule has 1 aromatic carbocycles. The average Bonchev–Trinajstić information content (AvgIpc) is 2.85. The summed E-state index contributed by atoms with van der Waals surface area (Å²) in [5.74, 6) is -0.425. The first kappa shape index (κ1) is 14.5. The van der Waals surface area contributed by atoms with Crippen molar-refractivity contribution >= 4 is 27.5 Å². The Kier molecular flexibility index (Phi) is 4.39. The van der Waals surface area contributed by atoms with Crippen molar-refractivity contribution in [3.63, 3.8) is 0 Å². The summed E-state index contributed by atoms with van der Waals surface area (Å²) in [6.45, 7) is 7.89. The fourth-order valence-electron chi connectivity index (χ4n) is 1.77. The molecule has 2 aromatic rings. The van der Waals surface area contributed by atoms with Gasteiger partial charge in [-0.1, -0.05) is 22.5 Å². The summed E-state index contributed by atoms with van der Waals surface area (Å²) in [4.78, 5) is 11.8. The van der Waals surface area contributed by atoms with Crippen molar-refractivity contribution in [3.8, 4) is 5.69 Å². The number of carbonyl (C=O) groups is 1. The Morgan fingerprint density at radius 1 is 1.40 bits per heavy atom. The Labute approximate surface area is 126 Å². The molecule has 0 fully saturated rings. The van der Waals surface area contributed by atoms with E-state index in [1.165, 1.54) is 0 Å². The van der Waals surface area contributed by atoms with Gasteiger partial charge in [0.15, 0.2) is 5.69 Å². The molecule has 0 aliphatic carbocycles. The molecular formula is C15H15BrN2O2. The van der Waals surface area contributed by atoms with E-state index >= 15 is 0 Å². The first-order valence-electron chi connectivity index (χ1n) is 6.22. The monoisotopic (exact) mass is 334 g/mol. The Balaban J connectivity index is 2.48. The van der Waals surface area contributed by atoms with Gasteiger partial charge in [0.2, 0.25) is 0 Å². The molecular weight excluding hydrogens is 320 g/mol. The van der Waals surface area contributed by atoms with Crippen molar-refractivity contribution in [2.75, 3.05) is 6.61 Å². The molecule has 0 saturated heterocycles. The number of esters is 1. The average molecular weight is 335 g/mol. The van der Waals surface area contributed by atoms with E-state index in [1.54, 1.807) is 17.7 Å². The number of rotatable bonds is 4. The molecule has 0 N–H and O–H groups in total. The Morgan fingerprint density at radius 2 is 2.05 bits per heavy atom. The molecule has 0 saturated carbocycles. The third-order valence-corrected chi connectivity index (χ3v) is 3.23. The Morgan fingerprint density at radius 3 is 2.60 bits per heavy atom. The smallest absolute Gasteiger partial charge is 0.358 e. The van der Waals surface area contributed by atoms with Crippen LogP contribution in [0.1, 0.15) is 30.0 Å². The van der Waals surface area contributed by atoms with Gasteiger partial charge in [0, 0.05) is 4.47 Å². The third kappa shape index (κ3) is 2.99. The minimum absolute atomic E-state index is 0.285. The number of aromatic nitrogens is 2. The minimum Gasteiger partial charge on any atom is -0.461 e. The van der Waals surface area contributed by atoms with Crippen LogP contribution in [0.25, 0.3) is 11.3 Å². The van der Waals surface area contributed by atoms with Crippen LogP contribution in [-0.4, -0.2) is 22.4 Å². The van der Waals surface area contributed by atoms with Crippen LogP contribution in [0.4, 0.5) is 0 Å². The molecule has 4 nitrogen and oxygen atoms in total. The van der Waals surface area contributed by atoms with Crippen LogP contribution in [0.3, 0.4) is 0 Å². The fourth-order valence-corrected chi connectivity index (χ4v) is 2.03. The summed E-state index contributed by atoms with van der Waals surface area (Å²) in [6, 6.07) is 9.37. The standard InChI is InChI=1S/C15H15BrN2O2/c1-4-20-15(19)13-9-14(10(2)3)18(17-13)12-7-5-11(16)6-8-12/h5-9H,2,4H2,1,3H3. The summed E-state index contributed by atoms with van der Waals surface area (Å²) in [5, 5.41) is 4.32. The zero-order valence-electron chi connectivity index (χ0n) is 11.4. The molecule has 0 atom stereocenters. The van der Waals surface area contributed by atoms with Crippen molar-refractivity contribution in [2.45, 2.75) is 13.8 Å². The van der Waals surface area contributed by atoms with Crippen molar-refractivity contribution in [3.05, 3.63) is 52.8 Å². The predicted molar refractivity (Wildman–Crippen MR) is 81.9 cm³/mol. The lowest BCUT2D eigenvalue weighted by Crippen LogP contribution is -2.07. The topological polar surface area (TPSA) is 44.1 Å². The van der Waals surface area contributed by atoms with E-state index in [0.717, 1.165) is 21.4 Å². The second-order valence-corrected chi connectivity index (χ2v) is 5.22. The SMILES string of the molecule is C=C(C)c1cc(C(=O)OCC)nn1-c1ccc(Br)cc1. The summed E-state index contributed by atoms with van der Waals surface area (Å²) in [6.07, 6.45) is 0. The summed E-state index contributed by atoms with van der Waals surface area (Å²) < 4.78 is 7.66. The Bertz CT molecular complexity index is 644. The maximum atomic E-state index is 11.8. The van der Waals surface area contributed by atoms with Gasteiger partial charge in [0.05, 0.1) is 18.0 Å². The van der Waals surface area contributed by atoms with E-state index in [2.05, 4.69) is 27.6 Å². The number of allylic oxidation sites excluding steroid dienone is 1. The maximum absolute atomic E-state index is 11.8. The molecule has 20 heavy (non-hydrogen) atoms. The number of hydrogen-bond acceptors (Lipinski definition) is 3. The van der Waals surface area contributed by atoms with E-state index in [4.69, 9.17) is 4.74 Å². The van der Waals surface area contributed by atoms with Crippen LogP contribution in [0.2, 0.25) is 0 Å². The second kappa shape index (κ2) is 6.05. The highest BCUT2D eigenvalue weighted by Crippen LogP contribution is 2.21. The number of hydrogen-bond donors (Lipinski definition) is 0. The highest BCUT2D eigenvalue weighted by molar-refractivity contribution is 9.10. The van der Waals surface area contributed by atoms with Crippen LogP contribution in [0, 0.1) is 0 Å². The predicted octanol–water partition coefficient (Wildman–Crippen LogP) is 3.84. The first-order valence-corrected chi connectivity index (χ1v) is 7.01. The lowest BCUT2D eigenvalue weighted by molar-refractivity contribution is 0.0519. The molecule has 0 radical (unpaired) electrons. The summed E-state index contributed by atoms with van der Waals surface area (Å²) in [5.41, 5.74) is 2.76. The number of ether oxygens (including phenoxy) is 1. The molecule has 0 amide bonds. The lowest BCUT2D eigenvalue weighted by atomic mass is 10.2. The highest BCUT2D eigenvalue weighted by atomic mass is 79.9. The first-order chi connectivity index (χ1) is 9.52. The van der Waals surface area contributed by atoms with Crippen LogP contribution >= 0.6 is 15.9 Å². The number of carbonyl (C=O) groups excluding carboxylic acids is 1. The van der Waals surface area contributed by atoms with Crippen molar-refractivity contribution < 1.29 is 9.53 Å². The minimum atomic E-state index is -0.425. The van der Waals surface area contributed by atoms with Crippen LogP contribution < -0.4 is 0 Å². The van der Waals surface area contributed by atoms with Crippen LogP contribution in [-0.2, 0) is 4.74 Å². The molecule has 1 aromatic heterocycles. The molecule has 1 heterocycles. The molecule has 5 heteroatoms. The second-order valence-electron chi connectivity index (χ2n) is 4.30. The fraction of sp³-hybridized carbons (Fsp3) is 0.200. The van der Waals surface area contributed by atoms with Gasteiger partial charge in [-0.2, -0.15) is 5.10 Å². The van der Waals surface area contributed by atoms with Crippen LogP contribution in [0.15, 0.2) is 41.4 Å². The lowest BCUT2D eigenvalue weighted by Gasteiger charge is -2.06. The largest absolute Gasteiger partial charge is 0.461 e. The summed E-state index contributed by atoms with van der Waals surface area (Å²) in [7, 11) is 0. The molecule has 2 rings (SSSR count). The van der Waals surface area contributed by atoms with Gasteiger partial charge in [-0.05, 0) is 49.8 Å². The Hall–Kier alpha value is -1.88. The summed E-state index contributed by atoms with van der Waals surface area (Å²) >= 11 is 3.39. The van der Waals surface area contributed by atoms with Gasteiger partial charge in [-0.25, -0.2) is 9.48 Å². The van der Waals surface area contributed by atoms with Gasteiger partial charge < -0.3 is 4.74 Å². The third-order valence-electron chi connectivity index (χ3n) is 2.70. The number of halogens is 1. The van der Waals surface area contributed by atoms with Gasteiger partial charge in [-0.15, -0.1) is 0 Å². The quantitative estimate of drug-likeness (QED) is 0.798. The van der Waals surface area contributed by atoms with E-state index < -0.39 is 5.97 Å². The van der Waals surface area contributed by atoms with Gasteiger partial charge in [-0.3, -0.25) is 0 Å². The number of benzene rings is 1. The van der Waals surface area contributed by atoms with E-state index in [-0.39, 0.29) is 5.69 Å². The van der Waals surface area contributed by atoms with Crippen molar-refractivity contribution in [2.24, 2.45) is 0 Å². The molecule has 0 spiro atoms. The van der Waals surface area contributed by atoms with E-state index in [0.29, 0.717) is 6.61 Å². The molecule has 0 aliphatic rings. The molecule has 0 unspecified atom stereocenters. The van der Waals surface area contributed by atoms with Crippen molar-refractivity contribution in [1.82, 2.24) is 9.78 Å². The van der Waals surface area contributed by atoms with E-state index in [9.17, 15) is 4.79 Å². The van der Waals surface area contributed by atoms with Gasteiger partial charge in [0.25, 0.3) is 0 Å². The normalized spacial score (nSPS) is 10.3. The maximum Gasteiger partial charge on any atom is 0.358 e. The van der Waals surface area contributed by atoms with E-state index in [1.807, 2.05) is 31.2 Å². The highest BCUT2D eigenvalue weighted by Gasteiger charge is 2.16. The molecule has 0 bridgehead atoms. The number of nitrogens with zero attached hydrogens (tertiary/aromatic N) is 2. The van der Waals surface area contributed by atoms with Gasteiger partial charge in [0.1, 0.15) is 0 Å². The van der Waals surface area contributed by atoms with Crippen LogP contribution in [0.5, 0.6) is 0 Å². The van der Waals surface area contributed by atoms with Crippen molar-refractivity contribution in [1.29, 1.82) is 0 Å². The molecule has 0 aliphatic heterocycles. The zero-order chi connectivity index (χ0) is 14.7. The molecule has 104 valence electrons. The van der Waals surface area contributed by atoms with Gasteiger partial charge >= 0.3 is 5.97 Å².